The van der Waals surface area contributed by atoms with Gasteiger partial charge in [-0.2, -0.15) is 0 Å². The van der Waals surface area contributed by atoms with Crippen molar-refractivity contribution in [3.8, 4) is 0 Å². The normalized spacial score (nSPS) is 13.8. The van der Waals surface area contributed by atoms with Crippen LogP contribution in [0.25, 0.3) is 0 Å². The van der Waals surface area contributed by atoms with Gasteiger partial charge in [-0.25, -0.2) is 0 Å². The van der Waals surface area contributed by atoms with Gasteiger partial charge in [-0.3, -0.25) is 0 Å². The summed E-state index contributed by atoms with van der Waals surface area (Å²) in [7, 11) is 0. The van der Waals surface area contributed by atoms with Crippen LogP contribution in [0, 0.1) is 5.41 Å². The van der Waals surface area contributed by atoms with E-state index in [2.05, 4.69) is 20.8 Å². The summed E-state index contributed by atoms with van der Waals surface area (Å²) in [4.78, 5) is 0. The van der Waals surface area contributed by atoms with Gasteiger partial charge in [0.15, 0.2) is 0 Å². The van der Waals surface area contributed by atoms with E-state index in [0.29, 0.717) is 10.0 Å². The fourth-order valence-electron chi connectivity index (χ4n) is 1.63. The Balaban J connectivity index is 2.44. The number of benzene rings is 1. The Kier molecular flexibility index (Phi) is 5.30. The third-order valence-electron chi connectivity index (χ3n) is 2.93. The Hall–Kier alpha value is -0.240. The second kappa shape index (κ2) is 6.08. The van der Waals surface area contributed by atoms with Gasteiger partial charge < -0.3 is 5.11 Å². The summed E-state index contributed by atoms with van der Waals surface area (Å²) in [5, 5.41) is 11.1. The molecule has 0 bridgehead atoms. The summed E-state index contributed by atoms with van der Waals surface area (Å²) in [5.41, 5.74) is 1.12. The fraction of sp³-hybridized carbons (Fsp3) is 0.571. The third-order valence-corrected chi connectivity index (χ3v) is 3.67. The molecule has 1 atom stereocenters. The van der Waals surface area contributed by atoms with Gasteiger partial charge in [0.2, 0.25) is 0 Å². The maximum atomic E-state index is 9.92. The highest BCUT2D eigenvalue weighted by Gasteiger charge is 2.21. The van der Waals surface area contributed by atoms with Crippen LogP contribution in [-0.2, 0) is 6.42 Å². The lowest BCUT2D eigenvalue weighted by Crippen LogP contribution is -2.25. The number of hydrogen-bond donors (Lipinski definition) is 1. The van der Waals surface area contributed by atoms with Crippen LogP contribution in [0.3, 0.4) is 0 Å². The zero-order valence-corrected chi connectivity index (χ0v) is 12.1. The Labute approximate surface area is 114 Å². The summed E-state index contributed by atoms with van der Waals surface area (Å²) in [6.07, 6.45) is 2.43. The zero-order valence-electron chi connectivity index (χ0n) is 10.6. The maximum Gasteiger partial charge on any atom is 0.0595 e. The van der Waals surface area contributed by atoms with Gasteiger partial charge in [0.05, 0.1) is 16.1 Å². The topological polar surface area (TPSA) is 20.2 Å². The highest BCUT2D eigenvalue weighted by atomic mass is 35.5. The number of rotatable bonds is 4. The van der Waals surface area contributed by atoms with Crippen molar-refractivity contribution in [3.05, 3.63) is 33.8 Å². The molecule has 0 aliphatic rings. The van der Waals surface area contributed by atoms with Crippen molar-refractivity contribution in [1.29, 1.82) is 0 Å². The van der Waals surface area contributed by atoms with Gasteiger partial charge in [-0.15, -0.1) is 0 Å². The van der Waals surface area contributed by atoms with E-state index in [1.54, 1.807) is 0 Å². The molecule has 96 valence electrons. The second-order valence-corrected chi connectivity index (χ2v) is 6.34. The molecule has 0 aliphatic heterocycles. The number of halogens is 2. The minimum Gasteiger partial charge on any atom is -0.393 e. The molecule has 1 aromatic rings. The zero-order chi connectivity index (χ0) is 13.1. The molecule has 17 heavy (non-hydrogen) atoms. The first-order chi connectivity index (χ1) is 7.80. The monoisotopic (exact) mass is 274 g/mol. The third kappa shape index (κ3) is 4.87. The predicted molar refractivity (Wildman–Crippen MR) is 74.9 cm³/mol. The van der Waals surface area contributed by atoms with Crippen LogP contribution < -0.4 is 0 Å². The first kappa shape index (κ1) is 14.8. The smallest absolute Gasteiger partial charge is 0.0595 e. The summed E-state index contributed by atoms with van der Waals surface area (Å²) < 4.78 is 0. The largest absolute Gasteiger partial charge is 0.393 e. The van der Waals surface area contributed by atoms with Crippen molar-refractivity contribution in [2.75, 3.05) is 0 Å². The summed E-state index contributed by atoms with van der Waals surface area (Å²) in [6.45, 7) is 6.16. The predicted octanol–water partition coefficient (Wildman–Crippen LogP) is 4.72. The van der Waals surface area contributed by atoms with Crippen LogP contribution in [-0.4, -0.2) is 11.2 Å². The number of hydrogen-bond acceptors (Lipinski definition) is 1. The molecule has 3 heteroatoms. The minimum absolute atomic E-state index is 0.0440. The SMILES string of the molecule is CC(C)(C)C(O)CCCc1ccc(Cl)c(Cl)c1. The first-order valence-corrected chi connectivity index (χ1v) is 6.68. The molecular weight excluding hydrogens is 255 g/mol. The van der Waals surface area contributed by atoms with E-state index in [0.717, 1.165) is 19.3 Å². The molecule has 1 rings (SSSR count). The van der Waals surface area contributed by atoms with Crippen LogP contribution in [0.1, 0.15) is 39.2 Å². The van der Waals surface area contributed by atoms with E-state index in [1.165, 1.54) is 5.56 Å². The summed E-state index contributed by atoms with van der Waals surface area (Å²) in [6, 6.07) is 5.70. The fourth-order valence-corrected chi connectivity index (χ4v) is 1.95. The van der Waals surface area contributed by atoms with Crippen LogP contribution in [0.5, 0.6) is 0 Å². The molecule has 1 N–H and O–H groups in total. The molecule has 0 fully saturated rings. The summed E-state index contributed by atoms with van der Waals surface area (Å²) in [5.74, 6) is 0. The molecule has 0 amide bonds. The number of aliphatic hydroxyl groups is 1. The van der Waals surface area contributed by atoms with Crippen LogP contribution in [0.4, 0.5) is 0 Å². The van der Waals surface area contributed by atoms with Crippen molar-refractivity contribution < 1.29 is 5.11 Å². The Morgan fingerprint density at radius 3 is 2.35 bits per heavy atom. The van der Waals surface area contributed by atoms with Crippen molar-refractivity contribution in [2.45, 2.75) is 46.1 Å². The van der Waals surface area contributed by atoms with Gasteiger partial charge >= 0.3 is 0 Å². The molecule has 0 aliphatic carbocycles. The van der Waals surface area contributed by atoms with E-state index in [-0.39, 0.29) is 11.5 Å². The molecule has 1 unspecified atom stereocenters. The maximum absolute atomic E-state index is 9.92. The van der Waals surface area contributed by atoms with Crippen LogP contribution in [0.15, 0.2) is 18.2 Å². The van der Waals surface area contributed by atoms with Crippen molar-refractivity contribution >= 4 is 23.2 Å². The first-order valence-electron chi connectivity index (χ1n) is 5.92. The molecule has 0 aromatic heterocycles. The minimum atomic E-state index is -0.259. The van der Waals surface area contributed by atoms with Gasteiger partial charge in [0, 0.05) is 0 Å². The molecule has 0 radical (unpaired) electrons. The second-order valence-electron chi connectivity index (χ2n) is 5.52. The number of aryl methyl sites for hydroxylation is 1. The standard InChI is InChI=1S/C14H20Cl2O/c1-14(2,3)13(17)6-4-5-10-7-8-11(15)12(16)9-10/h7-9,13,17H,4-6H2,1-3H3. The Morgan fingerprint density at radius 2 is 1.82 bits per heavy atom. The Morgan fingerprint density at radius 1 is 1.18 bits per heavy atom. The van der Waals surface area contributed by atoms with Crippen LogP contribution >= 0.6 is 23.2 Å². The number of aliphatic hydroxyl groups excluding tert-OH is 1. The van der Waals surface area contributed by atoms with Gasteiger partial charge in [0.1, 0.15) is 0 Å². The van der Waals surface area contributed by atoms with Crippen molar-refractivity contribution in [2.24, 2.45) is 5.41 Å². The Bertz CT molecular complexity index is 369. The molecule has 0 saturated heterocycles. The lowest BCUT2D eigenvalue weighted by Gasteiger charge is -2.25. The van der Waals surface area contributed by atoms with Gasteiger partial charge in [0.25, 0.3) is 0 Å². The van der Waals surface area contributed by atoms with Crippen molar-refractivity contribution in [1.82, 2.24) is 0 Å². The molecule has 1 nitrogen and oxygen atoms in total. The van der Waals surface area contributed by atoms with Gasteiger partial charge in [-0.1, -0.05) is 50.0 Å². The van der Waals surface area contributed by atoms with E-state index < -0.39 is 0 Å². The van der Waals surface area contributed by atoms with Gasteiger partial charge in [-0.05, 0) is 42.4 Å². The van der Waals surface area contributed by atoms with E-state index in [1.807, 2.05) is 18.2 Å². The quantitative estimate of drug-likeness (QED) is 0.842. The highest BCUT2D eigenvalue weighted by Crippen LogP contribution is 2.25. The average molecular weight is 275 g/mol. The molecule has 0 heterocycles. The van der Waals surface area contributed by atoms with E-state index in [4.69, 9.17) is 23.2 Å². The molecule has 0 saturated carbocycles. The molecule has 0 spiro atoms. The lowest BCUT2D eigenvalue weighted by molar-refractivity contribution is 0.0540. The van der Waals surface area contributed by atoms with E-state index in [9.17, 15) is 5.11 Å². The molecule has 1 aromatic carbocycles. The van der Waals surface area contributed by atoms with E-state index >= 15 is 0 Å². The highest BCUT2D eigenvalue weighted by molar-refractivity contribution is 6.42. The average Bonchev–Trinajstić information content (AvgIpc) is 2.22. The van der Waals surface area contributed by atoms with Crippen molar-refractivity contribution in [3.63, 3.8) is 0 Å². The summed E-state index contributed by atoms with van der Waals surface area (Å²) >= 11 is 11.8. The molecular formula is C14H20Cl2O. The van der Waals surface area contributed by atoms with Crippen LogP contribution in [0.2, 0.25) is 10.0 Å². The lowest BCUT2D eigenvalue weighted by atomic mass is 9.86.